The van der Waals surface area contributed by atoms with Gasteiger partial charge in [-0.25, -0.2) is 0 Å². The van der Waals surface area contributed by atoms with E-state index in [0.29, 0.717) is 5.56 Å². The Morgan fingerprint density at radius 3 is 2.08 bits per heavy atom. The van der Waals surface area contributed by atoms with Gasteiger partial charge in [-0.3, -0.25) is 4.79 Å². The summed E-state index contributed by atoms with van der Waals surface area (Å²) in [4.78, 5) is 10.0. The highest BCUT2D eigenvalue weighted by Gasteiger charge is 1.86. The van der Waals surface area contributed by atoms with Gasteiger partial charge >= 0.3 is 0 Å². The Hall–Kier alpha value is -1.35. The SMILES string of the molecule is CCO.O=Cc1ccc(O)cc1. The lowest BCUT2D eigenvalue weighted by Gasteiger charge is -1.88. The molecule has 3 heteroatoms. The Kier molecular flexibility index (Phi) is 5.65. The first-order chi connectivity index (χ1) is 5.74. The zero-order valence-electron chi connectivity index (χ0n) is 6.90. The lowest BCUT2D eigenvalue weighted by Crippen LogP contribution is -1.74. The summed E-state index contributed by atoms with van der Waals surface area (Å²) >= 11 is 0. The largest absolute Gasteiger partial charge is 0.508 e. The fourth-order valence-electron chi connectivity index (χ4n) is 0.553. The van der Waals surface area contributed by atoms with Gasteiger partial charge in [-0.05, 0) is 31.2 Å². The second-order valence-corrected chi connectivity index (χ2v) is 2.03. The summed E-state index contributed by atoms with van der Waals surface area (Å²) in [6, 6.07) is 6.07. The maximum Gasteiger partial charge on any atom is 0.150 e. The van der Waals surface area contributed by atoms with Crippen molar-refractivity contribution in [2.75, 3.05) is 6.61 Å². The molecule has 0 heterocycles. The highest BCUT2D eigenvalue weighted by Crippen LogP contribution is 2.07. The number of carbonyl (C=O) groups is 1. The van der Waals surface area contributed by atoms with E-state index >= 15 is 0 Å². The van der Waals surface area contributed by atoms with E-state index in [1.807, 2.05) is 0 Å². The molecule has 1 aromatic carbocycles. The van der Waals surface area contributed by atoms with Crippen LogP contribution in [0.5, 0.6) is 5.75 Å². The molecule has 0 atom stereocenters. The van der Waals surface area contributed by atoms with E-state index in [9.17, 15) is 4.79 Å². The Balaban J connectivity index is 0.000000354. The van der Waals surface area contributed by atoms with E-state index in [2.05, 4.69) is 0 Å². The summed E-state index contributed by atoms with van der Waals surface area (Å²) in [5.74, 6) is 0.181. The molecule has 0 radical (unpaired) electrons. The average Bonchev–Trinajstić information content (AvgIpc) is 2.07. The Morgan fingerprint density at radius 2 is 1.75 bits per heavy atom. The van der Waals surface area contributed by atoms with Gasteiger partial charge in [-0.2, -0.15) is 0 Å². The summed E-state index contributed by atoms with van der Waals surface area (Å²) in [7, 11) is 0. The topological polar surface area (TPSA) is 57.5 Å². The van der Waals surface area contributed by atoms with Crippen LogP contribution in [0.2, 0.25) is 0 Å². The molecule has 0 aliphatic rings. The summed E-state index contributed by atoms with van der Waals surface area (Å²) in [6.07, 6.45) is 0.736. The molecule has 0 unspecified atom stereocenters. The molecule has 2 N–H and O–H groups in total. The van der Waals surface area contributed by atoms with Gasteiger partial charge in [0.05, 0.1) is 0 Å². The van der Waals surface area contributed by atoms with E-state index in [1.165, 1.54) is 12.1 Å². The minimum Gasteiger partial charge on any atom is -0.508 e. The van der Waals surface area contributed by atoms with Crippen LogP contribution < -0.4 is 0 Å². The summed E-state index contributed by atoms with van der Waals surface area (Å²) in [5.41, 5.74) is 0.577. The summed E-state index contributed by atoms with van der Waals surface area (Å²) in [6.45, 7) is 1.93. The first kappa shape index (κ1) is 10.7. The second-order valence-electron chi connectivity index (χ2n) is 2.03. The van der Waals surface area contributed by atoms with Crippen molar-refractivity contribution in [3.8, 4) is 5.75 Å². The molecule has 0 fully saturated rings. The third-order valence-corrected chi connectivity index (χ3v) is 1.03. The smallest absolute Gasteiger partial charge is 0.150 e. The molecular formula is C9H12O3. The van der Waals surface area contributed by atoms with Gasteiger partial charge in [-0.1, -0.05) is 0 Å². The monoisotopic (exact) mass is 168 g/mol. The minimum atomic E-state index is 0.181. The molecule has 1 rings (SSSR count). The number of aldehydes is 1. The fourth-order valence-corrected chi connectivity index (χ4v) is 0.553. The van der Waals surface area contributed by atoms with Gasteiger partial charge in [0.1, 0.15) is 12.0 Å². The van der Waals surface area contributed by atoms with E-state index in [-0.39, 0.29) is 12.4 Å². The number of rotatable bonds is 1. The molecule has 12 heavy (non-hydrogen) atoms. The molecule has 0 aromatic heterocycles. The number of aliphatic hydroxyl groups excluding tert-OH is 1. The lowest BCUT2D eigenvalue weighted by molar-refractivity contribution is 0.112. The predicted molar refractivity (Wildman–Crippen MR) is 46.3 cm³/mol. The maximum absolute atomic E-state index is 10.0. The molecule has 0 saturated heterocycles. The van der Waals surface area contributed by atoms with Crippen LogP contribution in [-0.4, -0.2) is 23.1 Å². The van der Waals surface area contributed by atoms with E-state index in [1.54, 1.807) is 19.1 Å². The van der Waals surface area contributed by atoms with Gasteiger partial charge in [0.15, 0.2) is 0 Å². The van der Waals surface area contributed by atoms with Crippen molar-refractivity contribution in [3.05, 3.63) is 29.8 Å². The van der Waals surface area contributed by atoms with Crippen molar-refractivity contribution in [1.29, 1.82) is 0 Å². The number of carbonyl (C=O) groups excluding carboxylic acids is 1. The first-order valence-corrected chi connectivity index (χ1v) is 3.59. The van der Waals surface area contributed by atoms with Crippen LogP contribution in [-0.2, 0) is 0 Å². The van der Waals surface area contributed by atoms with Crippen LogP contribution in [0.25, 0.3) is 0 Å². The van der Waals surface area contributed by atoms with Gasteiger partial charge in [0.2, 0.25) is 0 Å². The summed E-state index contributed by atoms with van der Waals surface area (Å²) in [5, 5.41) is 16.3. The van der Waals surface area contributed by atoms with Crippen LogP contribution >= 0.6 is 0 Å². The average molecular weight is 168 g/mol. The van der Waals surface area contributed by atoms with Crippen molar-refractivity contribution < 1.29 is 15.0 Å². The molecule has 0 spiro atoms. The van der Waals surface area contributed by atoms with E-state index < -0.39 is 0 Å². The molecule has 1 aromatic rings. The first-order valence-electron chi connectivity index (χ1n) is 3.59. The number of hydrogen-bond acceptors (Lipinski definition) is 3. The molecular weight excluding hydrogens is 156 g/mol. The van der Waals surface area contributed by atoms with Gasteiger partial charge < -0.3 is 10.2 Å². The van der Waals surface area contributed by atoms with Gasteiger partial charge in [0, 0.05) is 12.2 Å². The highest BCUT2D eigenvalue weighted by molar-refractivity contribution is 5.74. The number of phenolic OH excluding ortho intramolecular Hbond substituents is 1. The Labute approximate surface area is 71.3 Å². The number of phenols is 1. The highest BCUT2D eigenvalue weighted by atomic mass is 16.3. The molecule has 0 bridgehead atoms. The van der Waals surface area contributed by atoms with Crippen LogP contribution in [0, 0.1) is 0 Å². The second kappa shape index (κ2) is 6.37. The number of hydrogen-bond donors (Lipinski definition) is 2. The zero-order chi connectivity index (χ0) is 9.40. The molecule has 0 amide bonds. The number of benzene rings is 1. The standard InChI is InChI=1S/C7H6O2.C2H6O/c8-5-6-1-3-7(9)4-2-6;1-2-3/h1-5,9H;3H,2H2,1H3. The third-order valence-electron chi connectivity index (χ3n) is 1.03. The van der Waals surface area contributed by atoms with Crippen LogP contribution in [0.1, 0.15) is 17.3 Å². The fraction of sp³-hybridized carbons (Fsp3) is 0.222. The van der Waals surface area contributed by atoms with Gasteiger partial charge in [0.25, 0.3) is 0 Å². The zero-order valence-corrected chi connectivity index (χ0v) is 6.90. The van der Waals surface area contributed by atoms with Gasteiger partial charge in [-0.15, -0.1) is 0 Å². The summed E-state index contributed by atoms with van der Waals surface area (Å²) < 4.78 is 0. The van der Waals surface area contributed by atoms with E-state index in [0.717, 1.165) is 6.29 Å². The van der Waals surface area contributed by atoms with Crippen molar-refractivity contribution in [2.45, 2.75) is 6.92 Å². The Bertz CT molecular complexity index is 216. The molecule has 0 aliphatic carbocycles. The number of aliphatic hydroxyl groups is 1. The van der Waals surface area contributed by atoms with Crippen molar-refractivity contribution in [1.82, 2.24) is 0 Å². The van der Waals surface area contributed by atoms with Crippen LogP contribution in [0.4, 0.5) is 0 Å². The number of aromatic hydroxyl groups is 1. The van der Waals surface area contributed by atoms with E-state index in [4.69, 9.17) is 10.2 Å². The van der Waals surface area contributed by atoms with Crippen LogP contribution in [0.3, 0.4) is 0 Å². The Morgan fingerprint density at radius 1 is 1.33 bits per heavy atom. The van der Waals surface area contributed by atoms with Crippen LogP contribution in [0.15, 0.2) is 24.3 Å². The molecule has 66 valence electrons. The normalized spacial score (nSPS) is 8.17. The minimum absolute atomic E-state index is 0.181. The lowest BCUT2D eigenvalue weighted by atomic mass is 10.2. The quantitative estimate of drug-likeness (QED) is 0.619. The molecule has 0 aliphatic heterocycles. The molecule has 3 nitrogen and oxygen atoms in total. The third kappa shape index (κ3) is 4.46. The maximum atomic E-state index is 10.0. The van der Waals surface area contributed by atoms with Crippen molar-refractivity contribution in [3.63, 3.8) is 0 Å². The molecule has 0 saturated carbocycles. The van der Waals surface area contributed by atoms with Crippen molar-refractivity contribution >= 4 is 6.29 Å². The van der Waals surface area contributed by atoms with Crippen molar-refractivity contribution in [2.24, 2.45) is 0 Å². The predicted octanol–water partition coefficient (Wildman–Crippen LogP) is 1.20.